The van der Waals surface area contributed by atoms with Crippen LogP contribution in [-0.2, 0) is 0 Å². The van der Waals surface area contributed by atoms with Crippen molar-refractivity contribution in [1.29, 1.82) is 0 Å². The Morgan fingerprint density at radius 1 is 0.950 bits per heavy atom. The summed E-state index contributed by atoms with van der Waals surface area (Å²) < 4.78 is 5.91. The number of nitrogens with one attached hydrogen (secondary N) is 1. The van der Waals surface area contributed by atoms with Crippen LogP contribution in [0.5, 0.6) is 5.75 Å². The third kappa shape index (κ3) is 3.44. The summed E-state index contributed by atoms with van der Waals surface area (Å²) in [6, 6.07) is 11.9. The predicted molar refractivity (Wildman–Crippen MR) is 85.5 cm³/mol. The molecule has 2 aromatic rings. The van der Waals surface area contributed by atoms with Crippen LogP contribution in [0.3, 0.4) is 0 Å². The molecule has 0 aromatic heterocycles. The van der Waals surface area contributed by atoms with Crippen molar-refractivity contribution in [3.8, 4) is 5.75 Å². The smallest absolute Gasteiger partial charge is 0.125 e. The second-order valence-electron chi connectivity index (χ2n) is 5.05. The van der Waals surface area contributed by atoms with Gasteiger partial charge in [-0.15, -0.1) is 0 Å². The summed E-state index contributed by atoms with van der Waals surface area (Å²) in [5.74, 6) is 1.00. The maximum atomic E-state index is 5.91. The van der Waals surface area contributed by atoms with Crippen molar-refractivity contribution in [2.75, 3.05) is 24.2 Å². The molecule has 20 heavy (non-hydrogen) atoms. The molecule has 0 amide bonds. The zero-order valence-corrected chi connectivity index (χ0v) is 12.4. The lowest BCUT2D eigenvalue weighted by atomic mass is 10.1. The van der Waals surface area contributed by atoms with Crippen molar-refractivity contribution in [3.05, 3.63) is 53.1 Å². The Balaban J connectivity index is 1.87. The van der Waals surface area contributed by atoms with Crippen molar-refractivity contribution in [1.82, 2.24) is 0 Å². The molecule has 3 N–H and O–H groups in total. The van der Waals surface area contributed by atoms with Gasteiger partial charge in [-0.1, -0.05) is 12.1 Å². The topological polar surface area (TPSA) is 47.3 Å². The van der Waals surface area contributed by atoms with Gasteiger partial charge in [0.2, 0.25) is 0 Å². The van der Waals surface area contributed by atoms with Crippen molar-refractivity contribution in [3.63, 3.8) is 0 Å². The normalized spacial score (nSPS) is 10.3. The van der Waals surface area contributed by atoms with E-state index in [1.807, 2.05) is 24.3 Å². The van der Waals surface area contributed by atoms with E-state index in [2.05, 4.69) is 38.2 Å². The van der Waals surface area contributed by atoms with Gasteiger partial charge in [-0.05, 0) is 61.7 Å². The fourth-order valence-corrected chi connectivity index (χ4v) is 2.10. The average molecular weight is 270 g/mol. The molecule has 0 unspecified atom stereocenters. The van der Waals surface area contributed by atoms with Gasteiger partial charge >= 0.3 is 0 Å². The molecule has 0 saturated carbocycles. The molecule has 3 heteroatoms. The molecule has 0 radical (unpaired) electrons. The molecule has 0 aliphatic heterocycles. The van der Waals surface area contributed by atoms with Gasteiger partial charge in [0.25, 0.3) is 0 Å². The van der Waals surface area contributed by atoms with Crippen LogP contribution in [-0.4, -0.2) is 13.2 Å². The zero-order valence-electron chi connectivity index (χ0n) is 12.4. The summed E-state index contributed by atoms with van der Waals surface area (Å²) in [7, 11) is 0. The Morgan fingerprint density at radius 2 is 1.60 bits per heavy atom. The van der Waals surface area contributed by atoms with Gasteiger partial charge in [-0.2, -0.15) is 0 Å². The highest BCUT2D eigenvalue weighted by Crippen LogP contribution is 2.25. The molecule has 0 bridgehead atoms. The molecule has 0 saturated heterocycles. The number of nitrogens with two attached hydrogens (primary N) is 1. The molecule has 2 aromatic carbocycles. The first-order valence-electron chi connectivity index (χ1n) is 6.87. The van der Waals surface area contributed by atoms with Gasteiger partial charge in [0.05, 0.1) is 0 Å². The van der Waals surface area contributed by atoms with Gasteiger partial charge in [0, 0.05) is 17.9 Å². The summed E-state index contributed by atoms with van der Waals surface area (Å²) in [6.45, 7) is 7.68. The maximum Gasteiger partial charge on any atom is 0.125 e. The lowest BCUT2D eigenvalue weighted by Crippen LogP contribution is -2.12. The van der Waals surface area contributed by atoms with Crippen molar-refractivity contribution < 1.29 is 4.74 Å². The van der Waals surface area contributed by atoms with E-state index in [9.17, 15) is 0 Å². The molecule has 3 nitrogen and oxygen atoms in total. The van der Waals surface area contributed by atoms with Crippen molar-refractivity contribution in [2.45, 2.75) is 20.8 Å². The number of hydrogen-bond donors (Lipinski definition) is 2. The molecule has 0 atom stereocenters. The quantitative estimate of drug-likeness (QED) is 0.643. The second-order valence-corrected chi connectivity index (χ2v) is 5.05. The van der Waals surface area contributed by atoms with E-state index in [1.165, 1.54) is 16.7 Å². The fraction of sp³-hybridized carbons (Fsp3) is 0.294. The minimum absolute atomic E-state index is 0.634. The van der Waals surface area contributed by atoms with E-state index < -0.39 is 0 Å². The SMILES string of the molecule is Cc1ccc(C)c(OCCNc2ccc(N)cc2)c1C. The van der Waals surface area contributed by atoms with Crippen LogP contribution < -0.4 is 15.8 Å². The second kappa shape index (κ2) is 6.33. The summed E-state index contributed by atoms with van der Waals surface area (Å²) in [6.07, 6.45) is 0. The molecular weight excluding hydrogens is 248 g/mol. The number of aryl methyl sites for hydroxylation is 2. The largest absolute Gasteiger partial charge is 0.491 e. The summed E-state index contributed by atoms with van der Waals surface area (Å²) in [4.78, 5) is 0. The molecule has 2 rings (SSSR count). The van der Waals surface area contributed by atoms with E-state index in [1.54, 1.807) is 0 Å². The summed E-state index contributed by atoms with van der Waals surface area (Å²) >= 11 is 0. The van der Waals surface area contributed by atoms with Crippen LogP contribution in [0.4, 0.5) is 11.4 Å². The van der Waals surface area contributed by atoms with Crippen LogP contribution in [0, 0.1) is 20.8 Å². The van der Waals surface area contributed by atoms with E-state index >= 15 is 0 Å². The first-order valence-corrected chi connectivity index (χ1v) is 6.87. The van der Waals surface area contributed by atoms with E-state index in [0.717, 1.165) is 23.7 Å². The van der Waals surface area contributed by atoms with Crippen LogP contribution in [0.2, 0.25) is 0 Å². The minimum atomic E-state index is 0.634. The van der Waals surface area contributed by atoms with Gasteiger partial charge in [-0.25, -0.2) is 0 Å². The monoisotopic (exact) mass is 270 g/mol. The molecule has 0 fully saturated rings. The molecule has 0 spiro atoms. The highest BCUT2D eigenvalue weighted by atomic mass is 16.5. The molecule has 0 aliphatic carbocycles. The summed E-state index contributed by atoms with van der Waals surface area (Å²) in [5, 5.41) is 3.32. The lowest BCUT2D eigenvalue weighted by molar-refractivity contribution is 0.328. The van der Waals surface area contributed by atoms with Crippen LogP contribution >= 0.6 is 0 Å². The van der Waals surface area contributed by atoms with Crippen molar-refractivity contribution >= 4 is 11.4 Å². The predicted octanol–water partition coefficient (Wildman–Crippen LogP) is 3.68. The number of hydrogen-bond acceptors (Lipinski definition) is 3. The molecular formula is C17H22N2O. The summed E-state index contributed by atoms with van der Waals surface area (Å²) in [5.41, 5.74) is 11.1. The third-order valence-corrected chi connectivity index (χ3v) is 3.46. The number of rotatable bonds is 5. The maximum absolute atomic E-state index is 5.91. The highest BCUT2D eigenvalue weighted by Gasteiger charge is 2.05. The first kappa shape index (κ1) is 14.3. The number of benzene rings is 2. The Bertz CT molecular complexity index is 576. The highest BCUT2D eigenvalue weighted by molar-refractivity contribution is 5.51. The Labute approximate surface area is 120 Å². The van der Waals surface area contributed by atoms with E-state index in [4.69, 9.17) is 10.5 Å². The third-order valence-electron chi connectivity index (χ3n) is 3.46. The van der Waals surface area contributed by atoms with Crippen molar-refractivity contribution in [2.24, 2.45) is 0 Å². The van der Waals surface area contributed by atoms with Crippen LogP contribution in [0.1, 0.15) is 16.7 Å². The number of ether oxygens (including phenoxy) is 1. The Hall–Kier alpha value is -2.16. The standard InChI is InChI=1S/C17H22N2O/c1-12-4-5-13(2)17(14(12)3)20-11-10-19-16-8-6-15(18)7-9-16/h4-9,19H,10-11,18H2,1-3H3. The Kier molecular flexibility index (Phi) is 4.51. The number of anilines is 2. The minimum Gasteiger partial charge on any atom is -0.491 e. The van der Waals surface area contributed by atoms with Crippen LogP contribution in [0.25, 0.3) is 0 Å². The lowest BCUT2D eigenvalue weighted by Gasteiger charge is -2.14. The van der Waals surface area contributed by atoms with Gasteiger partial charge in [0.15, 0.2) is 0 Å². The average Bonchev–Trinajstić information content (AvgIpc) is 2.44. The van der Waals surface area contributed by atoms with E-state index in [0.29, 0.717) is 6.61 Å². The molecule has 0 aliphatic rings. The molecule has 0 heterocycles. The van der Waals surface area contributed by atoms with Crippen LogP contribution in [0.15, 0.2) is 36.4 Å². The van der Waals surface area contributed by atoms with E-state index in [-0.39, 0.29) is 0 Å². The van der Waals surface area contributed by atoms with Gasteiger partial charge < -0.3 is 15.8 Å². The zero-order chi connectivity index (χ0) is 14.5. The fourth-order valence-electron chi connectivity index (χ4n) is 2.10. The molecule has 106 valence electrons. The Morgan fingerprint density at radius 3 is 2.30 bits per heavy atom. The first-order chi connectivity index (χ1) is 9.58. The van der Waals surface area contributed by atoms with Gasteiger partial charge in [0.1, 0.15) is 12.4 Å². The van der Waals surface area contributed by atoms with Gasteiger partial charge in [-0.3, -0.25) is 0 Å². The number of nitrogen functional groups attached to an aromatic ring is 1.